The molecule has 28 heavy (non-hydrogen) atoms. The Kier molecular flexibility index (Phi) is 5.86. The first-order valence-electron chi connectivity index (χ1n) is 8.79. The number of nitrogens with zero attached hydrogens (tertiary/aromatic N) is 2. The quantitative estimate of drug-likeness (QED) is 0.606. The molecule has 0 bridgehead atoms. The van der Waals surface area contributed by atoms with E-state index in [1.165, 1.54) is 20.3 Å². The van der Waals surface area contributed by atoms with Gasteiger partial charge in [-0.25, -0.2) is 8.42 Å². The zero-order chi connectivity index (χ0) is 20.3. The summed E-state index contributed by atoms with van der Waals surface area (Å²) in [5, 5.41) is 0.921. The first-order valence-corrected chi connectivity index (χ1v) is 10.4. The number of rotatable bonds is 7. The number of pyridine rings is 1. The summed E-state index contributed by atoms with van der Waals surface area (Å²) in [6.07, 6.45) is 1.61. The molecule has 0 atom stereocenters. The fourth-order valence-electron chi connectivity index (χ4n) is 3.09. The van der Waals surface area contributed by atoms with Crippen molar-refractivity contribution in [1.82, 2.24) is 9.88 Å². The molecule has 7 heteroatoms. The van der Waals surface area contributed by atoms with Crippen molar-refractivity contribution < 1.29 is 17.9 Å². The van der Waals surface area contributed by atoms with E-state index in [9.17, 15) is 8.42 Å². The maximum atomic E-state index is 13.0. The first kappa shape index (κ1) is 20.1. The fourth-order valence-corrected chi connectivity index (χ4v) is 4.60. The Balaban J connectivity index is 1.97. The number of hydrogen-bond donors (Lipinski definition) is 0. The molecule has 0 radical (unpaired) electrons. The van der Waals surface area contributed by atoms with Crippen LogP contribution in [-0.4, -0.2) is 46.6 Å². The Bertz CT molecular complexity index is 1090. The van der Waals surface area contributed by atoms with Crippen LogP contribution in [0.5, 0.6) is 11.5 Å². The van der Waals surface area contributed by atoms with Gasteiger partial charge in [0.05, 0.1) is 25.5 Å². The van der Waals surface area contributed by atoms with Gasteiger partial charge in [0.25, 0.3) is 0 Å². The number of benzene rings is 2. The summed E-state index contributed by atoms with van der Waals surface area (Å²) in [6, 6.07) is 12.7. The second-order valence-corrected chi connectivity index (χ2v) is 8.84. The second kappa shape index (κ2) is 8.16. The number of aromatic nitrogens is 1. The lowest BCUT2D eigenvalue weighted by Gasteiger charge is -2.12. The van der Waals surface area contributed by atoms with Gasteiger partial charge in [-0.1, -0.05) is 6.07 Å². The highest BCUT2D eigenvalue weighted by molar-refractivity contribution is 7.90. The van der Waals surface area contributed by atoms with Crippen LogP contribution in [0.1, 0.15) is 11.1 Å². The highest BCUT2D eigenvalue weighted by atomic mass is 32.2. The molecule has 0 fully saturated rings. The molecule has 1 heterocycles. The predicted octanol–water partition coefficient (Wildman–Crippen LogP) is 3.29. The molecule has 6 nitrogen and oxygen atoms in total. The zero-order valence-electron chi connectivity index (χ0n) is 16.5. The van der Waals surface area contributed by atoms with Gasteiger partial charge >= 0.3 is 0 Å². The Morgan fingerprint density at radius 1 is 0.964 bits per heavy atom. The molecule has 2 aromatic carbocycles. The molecule has 0 aliphatic heterocycles. The Hall–Kier alpha value is -2.64. The number of sulfone groups is 1. The molecule has 0 amide bonds. The number of methoxy groups -OCH3 is 2. The van der Waals surface area contributed by atoms with Crippen molar-refractivity contribution >= 4 is 20.7 Å². The van der Waals surface area contributed by atoms with Crippen molar-refractivity contribution in [1.29, 1.82) is 0 Å². The van der Waals surface area contributed by atoms with Gasteiger partial charge < -0.3 is 14.4 Å². The minimum Gasteiger partial charge on any atom is -0.497 e. The van der Waals surface area contributed by atoms with Gasteiger partial charge in [0.2, 0.25) is 0 Å². The van der Waals surface area contributed by atoms with E-state index in [0.717, 1.165) is 23.0 Å². The number of hydrogen-bond acceptors (Lipinski definition) is 6. The Morgan fingerprint density at radius 3 is 2.39 bits per heavy atom. The fraction of sp³-hybridized carbons (Fsp3) is 0.286. The molecule has 148 valence electrons. The summed E-state index contributed by atoms with van der Waals surface area (Å²) >= 11 is 0. The van der Waals surface area contributed by atoms with Crippen molar-refractivity contribution in [2.75, 3.05) is 28.3 Å². The van der Waals surface area contributed by atoms with E-state index >= 15 is 0 Å². The average Bonchev–Trinajstić information content (AvgIpc) is 2.66. The standard InChI is InChI=1S/C21H24N2O4S/c1-23(2)13-15-5-7-19-17(9-15)10-16(12-22-19)14-28(24,25)21-11-18(26-3)6-8-20(21)27-4/h5-12H,13-14H2,1-4H3. The third kappa shape index (κ3) is 4.43. The van der Waals surface area contributed by atoms with E-state index in [2.05, 4.69) is 9.88 Å². The molecule has 0 unspecified atom stereocenters. The minimum atomic E-state index is -3.64. The van der Waals surface area contributed by atoms with Crippen LogP contribution in [0.4, 0.5) is 0 Å². The molecule has 3 rings (SSSR count). The summed E-state index contributed by atoms with van der Waals surface area (Å²) in [4.78, 5) is 6.61. The van der Waals surface area contributed by atoms with Crippen LogP contribution in [0.3, 0.4) is 0 Å². The molecule has 0 saturated carbocycles. The van der Waals surface area contributed by atoms with E-state index in [-0.39, 0.29) is 10.6 Å². The van der Waals surface area contributed by atoms with E-state index in [4.69, 9.17) is 9.47 Å². The first-order chi connectivity index (χ1) is 13.3. The van der Waals surface area contributed by atoms with Gasteiger partial charge in [-0.15, -0.1) is 0 Å². The van der Waals surface area contributed by atoms with Crippen molar-refractivity contribution in [3.63, 3.8) is 0 Å². The van der Waals surface area contributed by atoms with Crippen molar-refractivity contribution in [3.8, 4) is 11.5 Å². The van der Waals surface area contributed by atoms with E-state index in [1.807, 2.05) is 38.4 Å². The van der Waals surface area contributed by atoms with Crippen LogP contribution >= 0.6 is 0 Å². The van der Waals surface area contributed by atoms with Gasteiger partial charge in [0, 0.05) is 24.2 Å². The molecule has 3 aromatic rings. The van der Waals surface area contributed by atoms with Crippen LogP contribution < -0.4 is 9.47 Å². The van der Waals surface area contributed by atoms with Crippen LogP contribution in [0.2, 0.25) is 0 Å². The average molecular weight is 401 g/mol. The van der Waals surface area contributed by atoms with E-state index < -0.39 is 9.84 Å². The SMILES string of the molecule is COc1ccc(OC)c(S(=O)(=O)Cc2cnc3ccc(CN(C)C)cc3c2)c1. The smallest absolute Gasteiger partial charge is 0.186 e. The Morgan fingerprint density at radius 2 is 1.71 bits per heavy atom. The van der Waals surface area contributed by atoms with Crippen LogP contribution in [-0.2, 0) is 22.1 Å². The van der Waals surface area contributed by atoms with Gasteiger partial charge in [0.1, 0.15) is 16.4 Å². The minimum absolute atomic E-state index is 0.107. The molecule has 0 aliphatic rings. The maximum absolute atomic E-state index is 13.0. The van der Waals surface area contributed by atoms with Gasteiger partial charge in [0.15, 0.2) is 9.84 Å². The number of ether oxygens (including phenoxy) is 2. The highest BCUT2D eigenvalue weighted by Gasteiger charge is 2.21. The molecular weight excluding hydrogens is 376 g/mol. The summed E-state index contributed by atoms with van der Waals surface area (Å²) in [5.41, 5.74) is 2.61. The lowest BCUT2D eigenvalue weighted by atomic mass is 10.1. The molecule has 0 aliphatic carbocycles. The maximum Gasteiger partial charge on any atom is 0.186 e. The molecular formula is C21H24N2O4S. The van der Waals surface area contributed by atoms with E-state index in [1.54, 1.807) is 18.3 Å². The van der Waals surface area contributed by atoms with Crippen molar-refractivity contribution in [3.05, 3.63) is 59.8 Å². The van der Waals surface area contributed by atoms with Crippen LogP contribution in [0.15, 0.2) is 53.6 Å². The normalized spacial score (nSPS) is 11.8. The Labute approximate surface area is 165 Å². The highest BCUT2D eigenvalue weighted by Crippen LogP contribution is 2.31. The summed E-state index contributed by atoms with van der Waals surface area (Å²) in [5.74, 6) is 0.587. The largest absolute Gasteiger partial charge is 0.497 e. The lowest BCUT2D eigenvalue weighted by molar-refractivity contribution is 0.392. The van der Waals surface area contributed by atoms with Crippen LogP contribution in [0, 0.1) is 0 Å². The molecule has 0 saturated heterocycles. The summed E-state index contributed by atoms with van der Waals surface area (Å²) in [7, 11) is 3.32. The third-order valence-corrected chi connectivity index (χ3v) is 6.07. The third-order valence-electron chi connectivity index (χ3n) is 4.36. The second-order valence-electron chi connectivity index (χ2n) is 6.88. The molecule has 0 spiro atoms. The topological polar surface area (TPSA) is 68.7 Å². The van der Waals surface area contributed by atoms with Gasteiger partial charge in [-0.2, -0.15) is 0 Å². The molecule has 1 aromatic heterocycles. The summed E-state index contributed by atoms with van der Waals surface area (Å²) < 4.78 is 36.5. The summed E-state index contributed by atoms with van der Waals surface area (Å²) in [6.45, 7) is 0.805. The number of fused-ring (bicyclic) bond motifs is 1. The lowest BCUT2D eigenvalue weighted by Crippen LogP contribution is -2.10. The molecule has 0 N–H and O–H groups in total. The van der Waals surface area contributed by atoms with Gasteiger partial charge in [-0.05, 0) is 55.6 Å². The van der Waals surface area contributed by atoms with Crippen molar-refractivity contribution in [2.45, 2.75) is 17.2 Å². The van der Waals surface area contributed by atoms with E-state index in [0.29, 0.717) is 17.1 Å². The van der Waals surface area contributed by atoms with Gasteiger partial charge in [-0.3, -0.25) is 4.98 Å². The van der Waals surface area contributed by atoms with Crippen LogP contribution in [0.25, 0.3) is 10.9 Å². The predicted molar refractivity (Wildman–Crippen MR) is 110 cm³/mol. The monoisotopic (exact) mass is 400 g/mol. The van der Waals surface area contributed by atoms with Crippen molar-refractivity contribution in [2.24, 2.45) is 0 Å². The zero-order valence-corrected chi connectivity index (χ0v) is 17.3.